The summed E-state index contributed by atoms with van der Waals surface area (Å²) in [4.78, 5) is 17.7. The quantitative estimate of drug-likeness (QED) is 0.258. The molecule has 1 atom stereocenters. The summed E-state index contributed by atoms with van der Waals surface area (Å²) in [6.07, 6.45) is -6.07. The number of anilines is 1. The van der Waals surface area contributed by atoms with Crippen LogP contribution in [0.25, 0.3) is 0 Å². The Labute approximate surface area is 199 Å². The van der Waals surface area contributed by atoms with Crippen LogP contribution in [0.3, 0.4) is 0 Å². The van der Waals surface area contributed by atoms with E-state index in [1.54, 1.807) is 6.92 Å². The number of nitrogens with one attached hydrogen (secondary N) is 3. The fraction of sp³-hybridized carbons (Fsp3) is 0.524. The lowest BCUT2D eigenvalue weighted by Gasteiger charge is -2.23. The number of hydrogen-bond acceptors (Lipinski definition) is 8. The highest BCUT2D eigenvalue weighted by atomic mass is 19.4. The van der Waals surface area contributed by atoms with Gasteiger partial charge in [0.1, 0.15) is 12.2 Å². The maximum absolute atomic E-state index is 13.0. The number of hydrogen-bond donors (Lipinski definition) is 3. The maximum atomic E-state index is 13.0. The Kier molecular flexibility index (Phi) is 10.2. The Morgan fingerprint density at radius 3 is 2.60 bits per heavy atom. The number of aromatic nitrogens is 1. The average molecular weight is 506 g/mol. The molecule has 0 spiro atoms. The summed E-state index contributed by atoms with van der Waals surface area (Å²) in [5.41, 5.74) is -1.14. The monoisotopic (exact) mass is 506 g/mol. The van der Waals surface area contributed by atoms with Gasteiger partial charge in [-0.1, -0.05) is 13.0 Å². The third-order valence-corrected chi connectivity index (χ3v) is 4.64. The number of halogens is 6. The number of alkyl halides is 6. The number of guanidine groups is 1. The second-order valence-electron chi connectivity index (χ2n) is 7.53. The molecule has 1 aromatic heterocycles. The van der Waals surface area contributed by atoms with Gasteiger partial charge in [-0.05, 0) is 38.7 Å². The van der Waals surface area contributed by atoms with Gasteiger partial charge in [0.05, 0.1) is 5.71 Å². The van der Waals surface area contributed by atoms with Gasteiger partial charge in [0.15, 0.2) is 12.0 Å². The third-order valence-electron chi connectivity index (χ3n) is 4.64. The molecule has 2 heterocycles. The van der Waals surface area contributed by atoms with E-state index in [1.165, 1.54) is 18.2 Å². The molecule has 0 radical (unpaired) electrons. The molecule has 1 aromatic rings. The van der Waals surface area contributed by atoms with Crippen molar-refractivity contribution in [1.29, 1.82) is 0 Å². The number of nitrogens with zero attached hydrogens (tertiary/aromatic N) is 5. The van der Waals surface area contributed by atoms with Crippen LogP contribution in [0.5, 0.6) is 0 Å². The third kappa shape index (κ3) is 10.0. The average Bonchev–Trinajstić information content (AvgIpc) is 2.78. The first-order chi connectivity index (χ1) is 16.4. The minimum atomic E-state index is -4.65. The zero-order valence-electron chi connectivity index (χ0n) is 19.5. The molecule has 194 valence electrons. The van der Waals surface area contributed by atoms with Gasteiger partial charge in [0.25, 0.3) is 0 Å². The molecule has 14 heteroatoms. The molecule has 3 N–H and O–H groups in total. The molecule has 0 aromatic carbocycles. The lowest BCUT2D eigenvalue weighted by Crippen LogP contribution is -2.46. The summed E-state index contributed by atoms with van der Waals surface area (Å²) in [5.74, 6) is 0.0171. The SMILES string of the molecule is C/C=C\C(=NCC(F)(F)F)C1=NC(CNCCN(C)CC)N=C(Nc2ccnc(C(F)(F)F)c2)N1. The Morgan fingerprint density at radius 1 is 1.23 bits per heavy atom. The van der Waals surface area contributed by atoms with Gasteiger partial charge in [0, 0.05) is 31.5 Å². The van der Waals surface area contributed by atoms with E-state index in [0.29, 0.717) is 6.54 Å². The molecule has 1 aliphatic rings. The van der Waals surface area contributed by atoms with Crippen molar-refractivity contribution in [3.8, 4) is 0 Å². The molecule has 0 bridgehead atoms. The normalized spacial score (nSPS) is 17.4. The summed E-state index contributed by atoms with van der Waals surface area (Å²) in [6.45, 7) is 4.68. The van der Waals surface area contributed by atoms with Crippen molar-refractivity contribution in [3.05, 3.63) is 36.2 Å². The summed E-state index contributed by atoms with van der Waals surface area (Å²) in [7, 11) is 1.95. The smallest absolute Gasteiger partial charge is 0.326 e. The molecule has 0 aliphatic carbocycles. The lowest BCUT2D eigenvalue weighted by atomic mass is 10.2. The topological polar surface area (TPSA) is 89.3 Å². The fourth-order valence-electron chi connectivity index (χ4n) is 2.79. The molecule has 1 unspecified atom stereocenters. The summed E-state index contributed by atoms with van der Waals surface area (Å²) >= 11 is 0. The van der Waals surface area contributed by atoms with Crippen LogP contribution in [0.4, 0.5) is 32.0 Å². The molecule has 0 saturated carbocycles. The van der Waals surface area contributed by atoms with E-state index in [1.807, 2.05) is 14.0 Å². The van der Waals surface area contributed by atoms with Crippen molar-refractivity contribution >= 4 is 23.2 Å². The molecular weight excluding hydrogens is 478 g/mol. The molecule has 2 rings (SSSR count). The zero-order chi connectivity index (χ0) is 26.1. The predicted octanol–water partition coefficient (Wildman–Crippen LogP) is 3.32. The van der Waals surface area contributed by atoms with E-state index in [9.17, 15) is 26.3 Å². The van der Waals surface area contributed by atoms with Crippen molar-refractivity contribution in [2.45, 2.75) is 32.4 Å². The minimum absolute atomic E-state index is 0.00688. The Balaban J connectivity index is 2.27. The molecule has 8 nitrogen and oxygen atoms in total. The fourth-order valence-corrected chi connectivity index (χ4v) is 2.79. The van der Waals surface area contributed by atoms with Crippen molar-refractivity contribution in [2.75, 3.05) is 45.1 Å². The summed E-state index contributed by atoms with van der Waals surface area (Å²) in [5, 5.41) is 8.63. The van der Waals surface area contributed by atoms with Crippen molar-refractivity contribution < 1.29 is 26.3 Å². The van der Waals surface area contributed by atoms with E-state index < -0.39 is 30.8 Å². The van der Waals surface area contributed by atoms with Crippen molar-refractivity contribution in [2.24, 2.45) is 15.0 Å². The molecule has 0 saturated heterocycles. The van der Waals surface area contributed by atoms with Gasteiger partial charge < -0.3 is 20.9 Å². The van der Waals surface area contributed by atoms with Gasteiger partial charge in [-0.2, -0.15) is 26.3 Å². The molecule has 1 aliphatic heterocycles. The van der Waals surface area contributed by atoms with Crippen LogP contribution in [-0.2, 0) is 6.18 Å². The van der Waals surface area contributed by atoms with Crippen LogP contribution >= 0.6 is 0 Å². The van der Waals surface area contributed by atoms with Crippen LogP contribution in [0.15, 0.2) is 45.5 Å². The van der Waals surface area contributed by atoms with Gasteiger partial charge in [-0.3, -0.25) is 9.98 Å². The zero-order valence-corrected chi connectivity index (χ0v) is 19.5. The largest absolute Gasteiger partial charge is 0.433 e. The van der Waals surface area contributed by atoms with Crippen molar-refractivity contribution in [1.82, 2.24) is 20.5 Å². The molecular formula is C21H28F6N8. The van der Waals surface area contributed by atoms with Gasteiger partial charge in [-0.25, -0.2) is 9.98 Å². The number of pyridine rings is 1. The minimum Gasteiger partial charge on any atom is -0.326 e. The maximum Gasteiger partial charge on any atom is 0.433 e. The number of aliphatic imine (C=N–C) groups is 3. The van der Waals surface area contributed by atoms with E-state index in [-0.39, 0.29) is 29.7 Å². The Morgan fingerprint density at radius 2 is 1.97 bits per heavy atom. The van der Waals surface area contributed by atoms with Crippen LogP contribution in [0, 0.1) is 0 Å². The number of allylic oxidation sites excluding steroid dienone is 1. The highest BCUT2D eigenvalue weighted by Crippen LogP contribution is 2.28. The first kappa shape index (κ1) is 28.2. The predicted molar refractivity (Wildman–Crippen MR) is 124 cm³/mol. The second-order valence-corrected chi connectivity index (χ2v) is 7.53. The number of amidine groups is 1. The lowest BCUT2D eigenvalue weighted by molar-refractivity contribution is -0.141. The van der Waals surface area contributed by atoms with E-state index in [2.05, 4.69) is 40.8 Å². The van der Waals surface area contributed by atoms with Gasteiger partial charge in [0.2, 0.25) is 5.96 Å². The number of rotatable bonds is 10. The van der Waals surface area contributed by atoms with Crippen molar-refractivity contribution in [3.63, 3.8) is 0 Å². The number of likely N-dealkylation sites (N-methyl/N-ethyl adjacent to an activating group) is 1. The molecule has 0 fully saturated rings. The highest BCUT2D eigenvalue weighted by molar-refractivity contribution is 6.48. The highest BCUT2D eigenvalue weighted by Gasteiger charge is 2.33. The van der Waals surface area contributed by atoms with Gasteiger partial charge in [-0.15, -0.1) is 0 Å². The first-order valence-electron chi connectivity index (χ1n) is 10.8. The Bertz CT molecular complexity index is 952. The van der Waals surface area contributed by atoms with E-state index in [4.69, 9.17) is 0 Å². The van der Waals surface area contributed by atoms with Crippen LogP contribution in [0.2, 0.25) is 0 Å². The summed E-state index contributed by atoms with van der Waals surface area (Å²) in [6, 6.07) is 2.11. The van der Waals surface area contributed by atoms with Crippen LogP contribution in [0.1, 0.15) is 19.5 Å². The first-order valence-corrected chi connectivity index (χ1v) is 10.8. The van der Waals surface area contributed by atoms with E-state index >= 15 is 0 Å². The van der Waals surface area contributed by atoms with E-state index in [0.717, 1.165) is 25.4 Å². The van der Waals surface area contributed by atoms with Crippen LogP contribution in [-0.4, -0.2) is 79.5 Å². The summed E-state index contributed by atoms with van der Waals surface area (Å²) < 4.78 is 77.3. The van der Waals surface area contributed by atoms with Gasteiger partial charge >= 0.3 is 12.4 Å². The molecule has 35 heavy (non-hydrogen) atoms. The Hall–Kier alpha value is -3.00. The molecule has 0 amide bonds. The second kappa shape index (κ2) is 12.6. The van der Waals surface area contributed by atoms with Crippen LogP contribution < -0.4 is 16.0 Å². The standard InChI is InChI=1S/C21H28F6N8/c1-4-6-15(30-13-20(22,23)24)18-32-17(12-28-9-10-35(3)5-2)33-19(34-18)31-14-7-8-29-16(11-14)21(25,26)27/h4,6-8,11,17,28H,5,9-10,12-13H2,1-3H3,(H2,29,31,32,33,34)/b6-4-,30-15?.